The van der Waals surface area contributed by atoms with Gasteiger partial charge in [-0.3, -0.25) is 9.10 Å². The number of carbonyl (C=O) groups excluding carboxylic acids is 1. The summed E-state index contributed by atoms with van der Waals surface area (Å²) in [6.45, 7) is 1.72. The number of sulfonamides is 2. The molecule has 208 valence electrons. The highest BCUT2D eigenvalue weighted by Gasteiger charge is 2.25. The smallest absolute Gasteiger partial charge is 0.251 e. The molecule has 3 aromatic rings. The predicted molar refractivity (Wildman–Crippen MR) is 151 cm³/mol. The molecule has 4 rings (SSSR count). The zero-order valence-corrected chi connectivity index (χ0v) is 23.5. The lowest BCUT2D eigenvalue weighted by atomic mass is 10.1. The summed E-state index contributed by atoms with van der Waals surface area (Å²) in [5.41, 5.74) is 1.76. The lowest BCUT2D eigenvalue weighted by Crippen LogP contribution is -2.35. The number of anilines is 1. The van der Waals surface area contributed by atoms with Crippen molar-refractivity contribution < 1.29 is 26.4 Å². The summed E-state index contributed by atoms with van der Waals surface area (Å²) in [5.74, 6) is 0.233. The molecular formula is C28H33N3O6S2. The van der Waals surface area contributed by atoms with Gasteiger partial charge in [0.25, 0.3) is 5.91 Å². The van der Waals surface area contributed by atoms with Crippen molar-refractivity contribution in [1.82, 2.24) is 9.62 Å². The molecule has 9 nitrogen and oxygen atoms in total. The Bertz CT molecular complexity index is 1450. The Morgan fingerprint density at radius 2 is 1.51 bits per heavy atom. The lowest BCUT2D eigenvalue weighted by Gasteiger charge is -2.25. The first-order valence-corrected chi connectivity index (χ1v) is 16.1. The molecule has 0 atom stereocenters. The third-order valence-corrected chi connectivity index (χ3v) is 9.47. The molecular weight excluding hydrogens is 538 g/mol. The standard InChI is InChI=1S/C28H33N3O6S2/c1-38(33,34)31(25-8-4-2-5-9-25)22-23-10-12-24(13-11-23)28(32)29-18-21-37-26-14-16-27(17-15-26)39(35,36)30-19-6-3-7-20-30/h2,4-5,8-17H,3,6-7,18-22H2,1H3,(H,29,32). The van der Waals surface area contributed by atoms with Gasteiger partial charge in [-0.15, -0.1) is 0 Å². The molecule has 3 aromatic carbocycles. The van der Waals surface area contributed by atoms with Crippen molar-refractivity contribution >= 4 is 31.6 Å². The summed E-state index contributed by atoms with van der Waals surface area (Å²) in [6, 6.07) is 21.9. The van der Waals surface area contributed by atoms with Crippen molar-refractivity contribution in [3.05, 3.63) is 90.0 Å². The van der Waals surface area contributed by atoms with E-state index in [1.54, 1.807) is 72.8 Å². The van der Waals surface area contributed by atoms with Crippen LogP contribution < -0.4 is 14.4 Å². The fraction of sp³-hybridized carbons (Fsp3) is 0.321. The molecule has 0 bridgehead atoms. The monoisotopic (exact) mass is 571 g/mol. The summed E-state index contributed by atoms with van der Waals surface area (Å²) >= 11 is 0. The molecule has 1 aliphatic heterocycles. The minimum absolute atomic E-state index is 0.150. The summed E-state index contributed by atoms with van der Waals surface area (Å²) in [6.07, 6.45) is 3.98. The van der Waals surface area contributed by atoms with Gasteiger partial charge in [-0.2, -0.15) is 4.31 Å². The van der Waals surface area contributed by atoms with Gasteiger partial charge in [0, 0.05) is 18.7 Å². The maximum absolute atomic E-state index is 12.8. The zero-order chi connectivity index (χ0) is 27.9. The Balaban J connectivity index is 1.26. The van der Waals surface area contributed by atoms with Crippen LogP contribution >= 0.6 is 0 Å². The number of hydrogen-bond acceptors (Lipinski definition) is 6. The van der Waals surface area contributed by atoms with E-state index in [4.69, 9.17) is 4.74 Å². The molecule has 0 saturated carbocycles. The second-order valence-electron chi connectivity index (χ2n) is 9.34. The highest BCUT2D eigenvalue weighted by atomic mass is 32.2. The van der Waals surface area contributed by atoms with Crippen LogP contribution in [0.1, 0.15) is 35.2 Å². The highest BCUT2D eigenvalue weighted by molar-refractivity contribution is 7.92. The molecule has 0 radical (unpaired) electrons. The fourth-order valence-corrected chi connectivity index (χ4v) is 6.72. The lowest BCUT2D eigenvalue weighted by molar-refractivity contribution is 0.0947. The molecule has 1 fully saturated rings. The topological polar surface area (TPSA) is 113 Å². The van der Waals surface area contributed by atoms with E-state index in [1.165, 1.54) is 8.61 Å². The van der Waals surface area contributed by atoms with Crippen molar-refractivity contribution in [3.63, 3.8) is 0 Å². The first kappa shape index (κ1) is 28.6. The van der Waals surface area contributed by atoms with Crippen molar-refractivity contribution in [2.24, 2.45) is 0 Å². The fourth-order valence-electron chi connectivity index (χ4n) is 4.32. The van der Waals surface area contributed by atoms with E-state index in [0.717, 1.165) is 31.1 Å². The molecule has 1 amide bonds. The molecule has 0 spiro atoms. The summed E-state index contributed by atoms with van der Waals surface area (Å²) in [5, 5.41) is 2.79. The van der Waals surface area contributed by atoms with Crippen LogP contribution in [0, 0.1) is 0 Å². The van der Waals surface area contributed by atoms with Crippen molar-refractivity contribution in [2.45, 2.75) is 30.7 Å². The van der Waals surface area contributed by atoms with Gasteiger partial charge in [0.2, 0.25) is 20.0 Å². The Kier molecular flexibility index (Phi) is 9.26. The largest absolute Gasteiger partial charge is 0.492 e. The number of ether oxygens (including phenoxy) is 1. The van der Waals surface area contributed by atoms with E-state index in [2.05, 4.69) is 5.32 Å². The first-order valence-electron chi connectivity index (χ1n) is 12.8. The number of benzene rings is 3. The van der Waals surface area contributed by atoms with Gasteiger partial charge in [0.1, 0.15) is 12.4 Å². The van der Waals surface area contributed by atoms with E-state index in [9.17, 15) is 21.6 Å². The Hall–Kier alpha value is -3.41. The average molecular weight is 572 g/mol. The average Bonchev–Trinajstić information content (AvgIpc) is 2.95. The van der Waals surface area contributed by atoms with Crippen LogP contribution in [-0.2, 0) is 26.6 Å². The minimum Gasteiger partial charge on any atom is -0.492 e. The zero-order valence-electron chi connectivity index (χ0n) is 21.8. The minimum atomic E-state index is -3.49. The van der Waals surface area contributed by atoms with Gasteiger partial charge >= 0.3 is 0 Å². The van der Waals surface area contributed by atoms with Crippen LogP contribution in [-0.4, -0.2) is 59.5 Å². The second kappa shape index (κ2) is 12.6. The third-order valence-electron chi connectivity index (χ3n) is 6.42. The van der Waals surface area contributed by atoms with Gasteiger partial charge in [0.15, 0.2) is 0 Å². The molecule has 11 heteroatoms. The highest BCUT2D eigenvalue weighted by Crippen LogP contribution is 2.23. The van der Waals surface area contributed by atoms with E-state index in [0.29, 0.717) is 30.1 Å². The van der Waals surface area contributed by atoms with Crippen molar-refractivity contribution in [3.8, 4) is 5.75 Å². The first-order chi connectivity index (χ1) is 18.6. The Morgan fingerprint density at radius 3 is 2.13 bits per heavy atom. The van der Waals surface area contributed by atoms with Crippen LogP contribution in [0.25, 0.3) is 0 Å². The number of amides is 1. The number of piperidine rings is 1. The maximum atomic E-state index is 12.8. The predicted octanol–water partition coefficient (Wildman–Crippen LogP) is 3.64. The number of carbonyl (C=O) groups is 1. The van der Waals surface area contributed by atoms with Gasteiger partial charge in [-0.05, 0) is 66.9 Å². The number of nitrogens with zero attached hydrogens (tertiary/aromatic N) is 2. The molecule has 1 N–H and O–H groups in total. The Labute approximate surface area is 230 Å². The number of hydrogen-bond donors (Lipinski definition) is 1. The van der Waals surface area contributed by atoms with E-state index >= 15 is 0 Å². The molecule has 39 heavy (non-hydrogen) atoms. The molecule has 1 aliphatic rings. The Morgan fingerprint density at radius 1 is 0.872 bits per heavy atom. The maximum Gasteiger partial charge on any atom is 0.251 e. The van der Waals surface area contributed by atoms with Gasteiger partial charge in [0.05, 0.1) is 29.9 Å². The van der Waals surface area contributed by atoms with E-state index in [-0.39, 0.29) is 30.5 Å². The molecule has 0 aliphatic carbocycles. The van der Waals surface area contributed by atoms with Crippen LogP contribution in [0.5, 0.6) is 5.75 Å². The van der Waals surface area contributed by atoms with Crippen LogP contribution in [0.3, 0.4) is 0 Å². The second-order valence-corrected chi connectivity index (χ2v) is 13.2. The number of nitrogens with one attached hydrogen (secondary N) is 1. The number of rotatable bonds is 11. The van der Waals surface area contributed by atoms with Crippen LogP contribution in [0.15, 0.2) is 83.8 Å². The van der Waals surface area contributed by atoms with Crippen molar-refractivity contribution in [1.29, 1.82) is 0 Å². The quantitative estimate of drug-likeness (QED) is 0.352. The van der Waals surface area contributed by atoms with Crippen LogP contribution in [0.2, 0.25) is 0 Å². The van der Waals surface area contributed by atoms with E-state index in [1.807, 2.05) is 6.07 Å². The molecule has 1 saturated heterocycles. The summed E-state index contributed by atoms with van der Waals surface area (Å²) < 4.78 is 58.6. The van der Waals surface area contributed by atoms with Gasteiger partial charge in [-0.25, -0.2) is 16.8 Å². The van der Waals surface area contributed by atoms with Gasteiger partial charge < -0.3 is 10.1 Å². The SMILES string of the molecule is CS(=O)(=O)N(Cc1ccc(C(=O)NCCOc2ccc(S(=O)(=O)N3CCCCC3)cc2)cc1)c1ccccc1. The molecule has 1 heterocycles. The third kappa shape index (κ3) is 7.59. The van der Waals surface area contributed by atoms with Crippen LogP contribution in [0.4, 0.5) is 5.69 Å². The summed E-state index contributed by atoms with van der Waals surface area (Å²) in [7, 11) is -6.98. The van der Waals surface area contributed by atoms with Crippen molar-refractivity contribution in [2.75, 3.05) is 36.8 Å². The van der Waals surface area contributed by atoms with Gasteiger partial charge in [-0.1, -0.05) is 36.8 Å². The molecule has 0 aromatic heterocycles. The normalized spacial score (nSPS) is 14.5. The molecule has 0 unspecified atom stereocenters. The number of para-hydroxylation sites is 1. The summed E-state index contributed by atoms with van der Waals surface area (Å²) in [4.78, 5) is 12.8. The van der Waals surface area contributed by atoms with E-state index < -0.39 is 20.0 Å².